The van der Waals surface area contributed by atoms with Gasteiger partial charge in [0.2, 0.25) is 0 Å². The van der Waals surface area contributed by atoms with Crippen LogP contribution in [-0.2, 0) is 12.4 Å². The summed E-state index contributed by atoms with van der Waals surface area (Å²) in [5.74, 6) is 0.345. The van der Waals surface area contributed by atoms with Gasteiger partial charge in [0, 0.05) is 0 Å². The molecule has 0 amide bonds. The number of hydrogen-bond acceptors (Lipinski definition) is 2. The molecule has 0 saturated carbocycles. The first-order valence-corrected chi connectivity index (χ1v) is 6.37. The maximum atomic E-state index is 12.7. The van der Waals surface area contributed by atoms with Gasteiger partial charge in [-0.1, -0.05) is 6.07 Å². The molecule has 24 heavy (non-hydrogen) atoms. The second-order valence-corrected chi connectivity index (χ2v) is 4.55. The third kappa shape index (κ3) is 4.33. The Labute approximate surface area is 132 Å². The summed E-state index contributed by atoms with van der Waals surface area (Å²) in [5.41, 5.74) is -2.18. The van der Waals surface area contributed by atoms with Crippen molar-refractivity contribution in [2.24, 2.45) is 0 Å². The molecule has 1 aliphatic rings. The highest BCUT2D eigenvalue weighted by Crippen LogP contribution is 2.34. The molecular weight excluding hydrogens is 344 g/mol. The van der Waals surface area contributed by atoms with Crippen LogP contribution in [0.5, 0.6) is 11.5 Å². The molecule has 0 N–H and O–H groups in total. The molecule has 0 saturated heterocycles. The van der Waals surface area contributed by atoms with Crippen LogP contribution in [0.2, 0.25) is 0 Å². The molecule has 1 heterocycles. The molecule has 128 valence electrons. The van der Waals surface area contributed by atoms with E-state index in [9.17, 15) is 30.7 Å². The standard InChI is InChI=1S/C8H4F6.C6H4BFO2/c9-7(10,11)5-1-2-6(4-3-5)8(12,13)14;8-4-2-1-3-5-6(4)10-7-9-5/h1-4H;1-3,7H. The summed E-state index contributed by atoms with van der Waals surface area (Å²) in [6.07, 6.45) is -9.21. The van der Waals surface area contributed by atoms with Gasteiger partial charge in [0.15, 0.2) is 11.6 Å². The van der Waals surface area contributed by atoms with Crippen molar-refractivity contribution in [3.63, 3.8) is 0 Å². The van der Waals surface area contributed by atoms with Gasteiger partial charge in [0.25, 0.3) is 0 Å². The number of benzene rings is 2. The van der Waals surface area contributed by atoms with Gasteiger partial charge in [0.05, 0.1) is 11.1 Å². The number of alkyl halides is 6. The second-order valence-electron chi connectivity index (χ2n) is 4.55. The predicted octanol–water partition coefficient (Wildman–Crippen LogP) is 4.59. The van der Waals surface area contributed by atoms with Crippen molar-refractivity contribution in [3.05, 3.63) is 59.4 Å². The summed E-state index contributed by atoms with van der Waals surface area (Å²) >= 11 is 0. The van der Waals surface area contributed by atoms with Crippen LogP contribution in [0.4, 0.5) is 30.7 Å². The molecule has 0 aromatic heterocycles. The van der Waals surface area contributed by atoms with Crippen molar-refractivity contribution < 1.29 is 40.0 Å². The van der Waals surface area contributed by atoms with Crippen molar-refractivity contribution in [1.29, 1.82) is 0 Å². The highest BCUT2D eigenvalue weighted by molar-refractivity contribution is 6.22. The molecule has 2 nitrogen and oxygen atoms in total. The summed E-state index contributed by atoms with van der Waals surface area (Å²) in [7, 11) is 0.121. The number of fused-ring (bicyclic) bond motifs is 1. The first-order valence-electron chi connectivity index (χ1n) is 6.37. The summed E-state index contributed by atoms with van der Waals surface area (Å²) in [4.78, 5) is 0. The first kappa shape index (κ1) is 18.0. The van der Waals surface area contributed by atoms with Crippen LogP contribution < -0.4 is 9.31 Å². The molecule has 0 unspecified atom stereocenters. The van der Waals surface area contributed by atoms with Crippen molar-refractivity contribution in [1.82, 2.24) is 0 Å². The van der Waals surface area contributed by atoms with Crippen LogP contribution >= 0.6 is 0 Å². The van der Waals surface area contributed by atoms with E-state index in [0.717, 1.165) is 0 Å². The minimum Gasteiger partial charge on any atom is -0.526 e. The van der Waals surface area contributed by atoms with Crippen LogP contribution in [0.15, 0.2) is 42.5 Å². The maximum absolute atomic E-state index is 12.7. The van der Waals surface area contributed by atoms with E-state index in [1.807, 2.05) is 0 Å². The van der Waals surface area contributed by atoms with Gasteiger partial charge in [0.1, 0.15) is 5.75 Å². The molecule has 0 atom stereocenters. The third-order valence-electron chi connectivity index (χ3n) is 2.89. The van der Waals surface area contributed by atoms with E-state index in [-0.39, 0.29) is 19.3 Å². The molecule has 1 aliphatic heterocycles. The molecule has 0 aliphatic carbocycles. The lowest BCUT2D eigenvalue weighted by atomic mass is 10.1. The first-order chi connectivity index (χ1) is 11.1. The van der Waals surface area contributed by atoms with Gasteiger partial charge >= 0.3 is 20.0 Å². The van der Waals surface area contributed by atoms with Crippen molar-refractivity contribution in [2.45, 2.75) is 12.4 Å². The van der Waals surface area contributed by atoms with Gasteiger partial charge in [-0.3, -0.25) is 0 Å². The van der Waals surface area contributed by atoms with Gasteiger partial charge in [-0.05, 0) is 36.4 Å². The van der Waals surface area contributed by atoms with Gasteiger partial charge in [-0.2, -0.15) is 26.3 Å². The summed E-state index contributed by atoms with van der Waals surface area (Å²) in [6, 6.07) is 6.22. The average molecular weight is 352 g/mol. The van der Waals surface area contributed by atoms with Gasteiger partial charge < -0.3 is 9.31 Å². The molecule has 0 bridgehead atoms. The normalized spacial score (nSPS) is 13.0. The molecule has 3 rings (SSSR count). The molecule has 0 spiro atoms. The van der Waals surface area contributed by atoms with Gasteiger partial charge in [-0.15, -0.1) is 0 Å². The van der Waals surface area contributed by atoms with Crippen molar-refractivity contribution >= 4 is 7.69 Å². The van der Waals surface area contributed by atoms with E-state index < -0.39 is 23.5 Å². The molecular formula is C14H8BF7O2. The topological polar surface area (TPSA) is 18.5 Å². The van der Waals surface area contributed by atoms with E-state index >= 15 is 0 Å². The fourth-order valence-electron chi connectivity index (χ4n) is 1.74. The quantitative estimate of drug-likeness (QED) is 0.510. The van der Waals surface area contributed by atoms with E-state index in [1.165, 1.54) is 6.07 Å². The molecule has 10 heteroatoms. The molecule has 0 radical (unpaired) electrons. The third-order valence-corrected chi connectivity index (χ3v) is 2.89. The fourth-order valence-corrected chi connectivity index (χ4v) is 1.74. The Morgan fingerprint density at radius 1 is 0.708 bits per heavy atom. The average Bonchev–Trinajstić information content (AvgIpc) is 2.96. The number of halogens is 7. The number of hydrogen-bond donors (Lipinski definition) is 0. The zero-order valence-electron chi connectivity index (χ0n) is 11.7. The molecule has 0 fully saturated rings. The zero-order chi connectivity index (χ0) is 18.0. The molecule has 2 aromatic rings. The number of rotatable bonds is 0. The van der Waals surface area contributed by atoms with Crippen LogP contribution in [0, 0.1) is 5.82 Å². The van der Waals surface area contributed by atoms with E-state index in [0.29, 0.717) is 30.0 Å². The lowest BCUT2D eigenvalue weighted by molar-refractivity contribution is -0.141. The second kappa shape index (κ2) is 6.62. The Bertz CT molecular complexity index is 663. The smallest absolute Gasteiger partial charge is 0.526 e. The maximum Gasteiger partial charge on any atom is 0.576 e. The largest absolute Gasteiger partial charge is 0.576 e. The van der Waals surface area contributed by atoms with Crippen LogP contribution in [0.25, 0.3) is 0 Å². The van der Waals surface area contributed by atoms with E-state index in [1.54, 1.807) is 12.1 Å². The summed E-state index contributed by atoms with van der Waals surface area (Å²) in [6.45, 7) is 0. The Kier molecular flexibility index (Phi) is 4.95. The monoisotopic (exact) mass is 352 g/mol. The van der Waals surface area contributed by atoms with Crippen LogP contribution in [-0.4, -0.2) is 7.69 Å². The summed E-state index contributed by atoms with van der Waals surface area (Å²) < 4.78 is 94.0. The Hall–Kier alpha value is -2.39. The number of para-hydroxylation sites is 1. The van der Waals surface area contributed by atoms with E-state index in [4.69, 9.17) is 9.31 Å². The Morgan fingerprint density at radius 3 is 1.62 bits per heavy atom. The van der Waals surface area contributed by atoms with Crippen molar-refractivity contribution in [2.75, 3.05) is 0 Å². The Balaban J connectivity index is 0.000000182. The van der Waals surface area contributed by atoms with Gasteiger partial charge in [-0.25, -0.2) is 4.39 Å². The van der Waals surface area contributed by atoms with E-state index in [2.05, 4.69) is 0 Å². The van der Waals surface area contributed by atoms with Crippen molar-refractivity contribution in [3.8, 4) is 11.5 Å². The van der Waals surface area contributed by atoms with Crippen LogP contribution in [0.3, 0.4) is 0 Å². The SMILES string of the molecule is FC(F)(F)c1ccc(C(F)(F)F)cc1.Fc1cccc2c1OBO2. The lowest BCUT2D eigenvalue weighted by Crippen LogP contribution is -2.08. The predicted molar refractivity (Wildman–Crippen MR) is 71.3 cm³/mol. The van der Waals surface area contributed by atoms with Crippen LogP contribution in [0.1, 0.15) is 11.1 Å². The zero-order valence-corrected chi connectivity index (χ0v) is 11.7. The highest BCUT2D eigenvalue weighted by Gasteiger charge is 2.34. The lowest BCUT2D eigenvalue weighted by Gasteiger charge is -2.09. The Morgan fingerprint density at radius 2 is 1.21 bits per heavy atom. The molecule has 2 aromatic carbocycles. The summed E-state index contributed by atoms with van der Waals surface area (Å²) in [5, 5.41) is 0. The minimum atomic E-state index is -4.61. The minimum absolute atomic E-state index is 0.121. The highest BCUT2D eigenvalue weighted by atomic mass is 19.4. The fraction of sp³-hybridized carbons (Fsp3) is 0.143.